The molecule has 4 aromatic carbocycles. The lowest BCUT2D eigenvalue weighted by molar-refractivity contribution is -0.00471. The Labute approximate surface area is 298 Å². The summed E-state index contributed by atoms with van der Waals surface area (Å²) in [5.41, 5.74) is 15.9. The number of unbranched alkanes of at least 4 members (excludes halogenated alkanes) is 3. The zero-order chi connectivity index (χ0) is 34.6. The van der Waals surface area contributed by atoms with Gasteiger partial charge in [-0.2, -0.15) is 0 Å². The van der Waals surface area contributed by atoms with Crippen LogP contribution in [0.15, 0.2) is 91.0 Å². The highest BCUT2D eigenvalue weighted by molar-refractivity contribution is 6.83. The minimum absolute atomic E-state index is 0.0606. The molecule has 1 aromatic heterocycles. The average molecular weight is 684 g/mol. The van der Waals surface area contributed by atoms with Crippen molar-refractivity contribution in [3.8, 4) is 22.4 Å². The van der Waals surface area contributed by atoms with Crippen molar-refractivity contribution in [3.05, 3.63) is 119 Å². The van der Waals surface area contributed by atoms with Crippen LogP contribution < -0.4 is 0 Å². The van der Waals surface area contributed by atoms with Crippen molar-refractivity contribution in [3.63, 3.8) is 0 Å². The van der Waals surface area contributed by atoms with Gasteiger partial charge in [-0.25, -0.2) is 0 Å². The number of nitrogens with zero attached hydrogens (tertiary/aromatic N) is 1. The van der Waals surface area contributed by atoms with E-state index in [0.717, 1.165) is 19.6 Å². The third-order valence-corrected chi connectivity index (χ3v) is 18.5. The highest BCUT2D eigenvalue weighted by Gasteiger charge is 2.53. The van der Waals surface area contributed by atoms with Crippen molar-refractivity contribution < 1.29 is 4.74 Å². The van der Waals surface area contributed by atoms with E-state index >= 15 is 0 Å². The van der Waals surface area contributed by atoms with E-state index in [-0.39, 0.29) is 5.60 Å². The second-order valence-corrected chi connectivity index (χ2v) is 27.8. The van der Waals surface area contributed by atoms with Crippen molar-refractivity contribution in [1.29, 1.82) is 0 Å². The number of benzene rings is 4. The second kappa shape index (κ2) is 13.2. The molecule has 2 unspecified atom stereocenters. The molecular weight excluding hydrogens is 627 g/mol. The van der Waals surface area contributed by atoms with Gasteiger partial charge in [0.15, 0.2) is 0 Å². The summed E-state index contributed by atoms with van der Waals surface area (Å²) in [6.45, 7) is 21.1. The molecular formula is C45H57NOSi2. The first-order chi connectivity index (χ1) is 23.4. The fourth-order valence-corrected chi connectivity index (χ4v) is 15.9. The Balaban J connectivity index is 1.38. The first kappa shape index (κ1) is 34.3. The van der Waals surface area contributed by atoms with Crippen molar-refractivity contribution in [2.75, 3.05) is 6.61 Å². The highest BCUT2D eigenvalue weighted by Crippen LogP contribution is 2.60. The zero-order valence-corrected chi connectivity index (χ0v) is 33.3. The number of hydrogen-bond donors (Lipinski definition) is 0. The molecule has 2 aliphatic rings. The molecule has 256 valence electrons. The molecule has 7 rings (SSSR count). The predicted molar refractivity (Wildman–Crippen MR) is 216 cm³/mol. The van der Waals surface area contributed by atoms with Crippen LogP contribution in [0.4, 0.5) is 0 Å². The summed E-state index contributed by atoms with van der Waals surface area (Å²) < 4.78 is 8.85. The molecule has 5 aromatic rings. The SMILES string of the molecule is Cc1ccc2c(c1)c1c(n2CC[Si](C)(C)C)-c2ccccc2C1[Si](C)(CCCCCCOC(C)(C)C)C1c2ccccc2-c2ccccc21. The number of fused-ring (bicyclic) bond motifs is 8. The van der Waals surface area contributed by atoms with E-state index in [0.29, 0.717) is 11.1 Å². The van der Waals surface area contributed by atoms with E-state index < -0.39 is 16.1 Å². The molecule has 0 fully saturated rings. The van der Waals surface area contributed by atoms with Crippen molar-refractivity contribution >= 4 is 27.1 Å². The third kappa shape index (κ3) is 6.45. The predicted octanol–water partition coefficient (Wildman–Crippen LogP) is 12.7. The number of ether oxygens (including phenoxy) is 1. The van der Waals surface area contributed by atoms with Gasteiger partial charge in [0.2, 0.25) is 0 Å². The average Bonchev–Trinajstić information content (AvgIpc) is 3.68. The van der Waals surface area contributed by atoms with E-state index in [9.17, 15) is 0 Å². The zero-order valence-electron chi connectivity index (χ0n) is 31.3. The van der Waals surface area contributed by atoms with Crippen LogP contribution in [-0.2, 0) is 11.3 Å². The molecule has 4 heteroatoms. The lowest BCUT2D eigenvalue weighted by Gasteiger charge is -2.41. The molecule has 1 heterocycles. The lowest BCUT2D eigenvalue weighted by Crippen LogP contribution is -2.45. The summed E-state index contributed by atoms with van der Waals surface area (Å²) in [5.74, 6) is 0. The Morgan fingerprint density at radius 3 is 1.84 bits per heavy atom. The minimum Gasteiger partial charge on any atom is -0.376 e. The van der Waals surface area contributed by atoms with Crippen LogP contribution >= 0.6 is 0 Å². The van der Waals surface area contributed by atoms with E-state index in [1.165, 1.54) is 70.2 Å². The van der Waals surface area contributed by atoms with Crippen molar-refractivity contribution in [1.82, 2.24) is 4.57 Å². The Morgan fingerprint density at radius 1 is 0.653 bits per heavy atom. The van der Waals surface area contributed by atoms with Gasteiger partial charge in [0, 0.05) is 48.8 Å². The van der Waals surface area contributed by atoms with E-state index in [2.05, 4.69) is 149 Å². The van der Waals surface area contributed by atoms with Crippen LogP contribution in [0.3, 0.4) is 0 Å². The fourth-order valence-electron chi connectivity index (χ4n) is 9.22. The standard InChI is InChI=1S/C45H57NOSi2/c1-32-25-26-40-39(31-32)41-42(46(40)27-30-48(5,6)7)35-21-13-16-24-38(35)44(41)49(8,29-18-10-9-17-28-47-45(2,3)4)43-36-22-14-11-19-33(36)34-20-12-15-23-37(34)43/h11-16,19-26,31,43-44H,9-10,17-18,27-30H2,1-8H3. The fraction of sp³-hybridized carbons (Fsp3) is 0.422. The van der Waals surface area contributed by atoms with Gasteiger partial charge in [-0.15, -0.1) is 0 Å². The molecule has 0 N–H and O–H groups in total. The Bertz CT molecular complexity index is 1930. The first-order valence-corrected chi connectivity index (χ1v) is 25.5. The first-order valence-electron chi connectivity index (χ1n) is 18.9. The van der Waals surface area contributed by atoms with E-state index in [4.69, 9.17) is 4.74 Å². The summed E-state index contributed by atoms with van der Waals surface area (Å²) >= 11 is 0. The van der Waals surface area contributed by atoms with Crippen LogP contribution in [0.5, 0.6) is 0 Å². The Morgan fingerprint density at radius 2 is 1.22 bits per heavy atom. The van der Waals surface area contributed by atoms with Crippen molar-refractivity contribution in [2.45, 2.75) is 115 Å². The smallest absolute Gasteiger partial charge is 0.0762 e. The van der Waals surface area contributed by atoms with Crippen LogP contribution in [0.25, 0.3) is 33.3 Å². The van der Waals surface area contributed by atoms with Crippen LogP contribution in [0.2, 0.25) is 38.3 Å². The molecule has 0 amide bonds. The molecule has 49 heavy (non-hydrogen) atoms. The number of aryl methyl sites for hydroxylation is 2. The summed E-state index contributed by atoms with van der Waals surface area (Å²) in [6.07, 6.45) is 4.93. The van der Waals surface area contributed by atoms with Gasteiger partial charge in [-0.1, -0.05) is 136 Å². The largest absolute Gasteiger partial charge is 0.376 e. The second-order valence-electron chi connectivity index (χ2n) is 17.5. The Kier molecular flexibility index (Phi) is 9.21. The number of hydrogen-bond acceptors (Lipinski definition) is 1. The highest BCUT2D eigenvalue weighted by atomic mass is 28.3. The normalized spacial score (nSPS) is 16.8. The lowest BCUT2D eigenvalue weighted by atomic mass is 10.1. The molecule has 2 atom stereocenters. The minimum atomic E-state index is -2.20. The van der Waals surface area contributed by atoms with Gasteiger partial charge in [-0.05, 0) is 85.7 Å². The topological polar surface area (TPSA) is 14.2 Å². The monoisotopic (exact) mass is 683 g/mol. The summed E-state index contributed by atoms with van der Waals surface area (Å²) in [7, 11) is -3.46. The maximum absolute atomic E-state index is 6.10. The maximum Gasteiger partial charge on any atom is 0.0762 e. The summed E-state index contributed by atoms with van der Waals surface area (Å²) in [6, 6.07) is 38.3. The van der Waals surface area contributed by atoms with E-state index in [1.807, 2.05) is 0 Å². The van der Waals surface area contributed by atoms with Crippen LogP contribution in [0, 0.1) is 6.92 Å². The van der Waals surface area contributed by atoms with Crippen molar-refractivity contribution in [2.24, 2.45) is 0 Å². The van der Waals surface area contributed by atoms with Gasteiger partial charge in [-0.3, -0.25) is 0 Å². The molecule has 2 aliphatic carbocycles. The molecule has 0 aliphatic heterocycles. The summed E-state index contributed by atoms with van der Waals surface area (Å²) in [5, 5.41) is 1.50. The number of rotatable bonds is 12. The van der Waals surface area contributed by atoms with Gasteiger partial charge in [0.25, 0.3) is 0 Å². The van der Waals surface area contributed by atoms with Gasteiger partial charge >= 0.3 is 0 Å². The third-order valence-electron chi connectivity index (χ3n) is 11.5. The molecule has 0 bridgehead atoms. The van der Waals surface area contributed by atoms with E-state index in [1.54, 1.807) is 22.3 Å². The molecule has 0 spiro atoms. The van der Waals surface area contributed by atoms with Gasteiger partial charge in [0.1, 0.15) is 0 Å². The summed E-state index contributed by atoms with van der Waals surface area (Å²) in [4.78, 5) is 0. The van der Waals surface area contributed by atoms with Gasteiger partial charge < -0.3 is 9.30 Å². The quantitative estimate of drug-likeness (QED) is 0.0943. The maximum atomic E-state index is 6.10. The van der Waals surface area contributed by atoms with Gasteiger partial charge in [0.05, 0.1) is 19.4 Å². The molecule has 0 saturated carbocycles. The molecule has 0 radical (unpaired) electrons. The van der Waals surface area contributed by atoms with Crippen LogP contribution in [0.1, 0.15) is 85.4 Å². The molecule has 2 nitrogen and oxygen atoms in total. The molecule has 0 saturated heterocycles. The number of aromatic nitrogens is 1. The van der Waals surface area contributed by atoms with Crippen LogP contribution in [-0.4, -0.2) is 32.9 Å². The Hall–Kier alpha value is -3.19.